The Bertz CT molecular complexity index is 630. The van der Waals surface area contributed by atoms with Gasteiger partial charge < -0.3 is 9.84 Å². The molecule has 0 amide bonds. The number of Topliss-reactive ketones (excluding diaryl/α,β-unsaturated/α-hetero) is 1. The number of benzene rings is 1. The second-order valence-corrected chi connectivity index (χ2v) is 6.24. The smallest absolute Gasteiger partial charge is 0.156 e. The summed E-state index contributed by atoms with van der Waals surface area (Å²) in [4.78, 5) is 11.9. The van der Waals surface area contributed by atoms with Gasteiger partial charge in [0.15, 0.2) is 5.78 Å². The molecule has 1 N–H and O–H groups in total. The maximum atomic E-state index is 11.9. The van der Waals surface area contributed by atoms with Crippen LogP contribution in [0.2, 0.25) is 0 Å². The molecule has 2 aliphatic carbocycles. The van der Waals surface area contributed by atoms with Gasteiger partial charge in [0, 0.05) is 5.41 Å². The Morgan fingerprint density at radius 2 is 2.24 bits per heavy atom. The van der Waals surface area contributed by atoms with Gasteiger partial charge in [0.25, 0.3) is 0 Å². The summed E-state index contributed by atoms with van der Waals surface area (Å²) in [7, 11) is 1.69. The predicted octanol–water partition coefficient (Wildman–Crippen LogP) is 2.93. The molecule has 0 radical (unpaired) electrons. The minimum absolute atomic E-state index is 0.0492. The second kappa shape index (κ2) is 4.99. The summed E-state index contributed by atoms with van der Waals surface area (Å²) in [6.07, 6.45) is 4.60. The molecule has 21 heavy (non-hydrogen) atoms. The summed E-state index contributed by atoms with van der Waals surface area (Å²) in [5.74, 6) is 1.23. The number of aliphatic hydroxyl groups is 1. The van der Waals surface area contributed by atoms with E-state index >= 15 is 0 Å². The van der Waals surface area contributed by atoms with Crippen LogP contribution in [0.3, 0.4) is 0 Å². The van der Waals surface area contributed by atoms with E-state index in [-0.39, 0.29) is 23.7 Å². The minimum atomic E-state index is -0.375. The summed E-state index contributed by atoms with van der Waals surface area (Å²) in [5.41, 5.74) is 4.26. The molecule has 0 saturated carbocycles. The van der Waals surface area contributed by atoms with Crippen LogP contribution in [0, 0.1) is 12.3 Å². The fourth-order valence-electron chi connectivity index (χ4n) is 4.34. The number of aliphatic hydroxyl groups excluding tert-OH is 1. The number of carbonyl (C=O) groups is 1. The normalized spacial score (nSPS) is 26.9. The van der Waals surface area contributed by atoms with E-state index < -0.39 is 0 Å². The number of fused-ring (bicyclic) bond motifs is 3. The molecule has 1 aromatic carbocycles. The van der Waals surface area contributed by atoms with E-state index in [1.807, 2.05) is 12.1 Å². The maximum absolute atomic E-state index is 11.9. The lowest BCUT2D eigenvalue weighted by molar-refractivity contribution is -0.115. The monoisotopic (exact) mass is 286 g/mol. The highest BCUT2D eigenvalue weighted by atomic mass is 16.5. The third-order valence-electron chi connectivity index (χ3n) is 5.42. The first-order chi connectivity index (χ1) is 10.0. The number of ketones is 1. The number of ether oxygens (including phenoxy) is 1. The zero-order chi connectivity index (χ0) is 15.2. The number of hydrogen-bond donors (Lipinski definition) is 1. The third kappa shape index (κ3) is 1.87. The van der Waals surface area contributed by atoms with Crippen LogP contribution < -0.4 is 4.74 Å². The van der Waals surface area contributed by atoms with Crippen molar-refractivity contribution < 1.29 is 14.6 Å². The van der Waals surface area contributed by atoms with Crippen molar-refractivity contribution in [2.24, 2.45) is 5.41 Å². The maximum Gasteiger partial charge on any atom is 0.156 e. The van der Waals surface area contributed by atoms with Crippen LogP contribution in [-0.2, 0) is 11.2 Å². The Kier molecular flexibility index (Phi) is 3.40. The van der Waals surface area contributed by atoms with Crippen molar-refractivity contribution in [2.45, 2.75) is 39.0 Å². The SMILES string of the molecule is COc1ccc2c(c1C)CC[C@]1(CO)C(C(C)=O)=CC[C@@H]21. The van der Waals surface area contributed by atoms with Crippen LogP contribution in [0.15, 0.2) is 23.8 Å². The largest absolute Gasteiger partial charge is 0.496 e. The molecule has 0 unspecified atom stereocenters. The Labute approximate surface area is 125 Å². The van der Waals surface area contributed by atoms with Crippen molar-refractivity contribution in [3.8, 4) is 5.75 Å². The lowest BCUT2D eigenvalue weighted by Crippen LogP contribution is -2.38. The Morgan fingerprint density at radius 1 is 1.48 bits per heavy atom. The van der Waals surface area contributed by atoms with Crippen LogP contribution in [-0.4, -0.2) is 24.6 Å². The first kappa shape index (κ1) is 14.3. The Hall–Kier alpha value is -1.61. The molecule has 0 spiro atoms. The van der Waals surface area contributed by atoms with Crippen LogP contribution in [0.4, 0.5) is 0 Å². The van der Waals surface area contributed by atoms with Crippen LogP contribution in [0.5, 0.6) is 5.75 Å². The van der Waals surface area contributed by atoms with Gasteiger partial charge in [0.1, 0.15) is 5.75 Å². The van der Waals surface area contributed by atoms with E-state index in [1.165, 1.54) is 16.7 Å². The Balaban J connectivity index is 2.11. The molecule has 3 heteroatoms. The first-order valence-electron chi connectivity index (χ1n) is 7.54. The lowest BCUT2D eigenvalue weighted by atomic mass is 9.62. The lowest BCUT2D eigenvalue weighted by Gasteiger charge is -2.42. The zero-order valence-corrected chi connectivity index (χ0v) is 12.9. The first-order valence-corrected chi connectivity index (χ1v) is 7.54. The molecule has 3 nitrogen and oxygen atoms in total. The molecule has 0 aliphatic heterocycles. The predicted molar refractivity (Wildman–Crippen MR) is 81.7 cm³/mol. The highest BCUT2D eigenvalue weighted by Crippen LogP contribution is 2.56. The topological polar surface area (TPSA) is 46.5 Å². The van der Waals surface area contributed by atoms with Gasteiger partial charge in [-0.1, -0.05) is 12.1 Å². The van der Waals surface area contributed by atoms with Gasteiger partial charge in [-0.05, 0) is 67.4 Å². The molecule has 112 valence electrons. The molecule has 3 rings (SSSR count). The summed E-state index contributed by atoms with van der Waals surface area (Å²) in [5, 5.41) is 10.0. The third-order valence-corrected chi connectivity index (χ3v) is 5.42. The van der Waals surface area contributed by atoms with Crippen molar-refractivity contribution in [1.29, 1.82) is 0 Å². The van der Waals surface area contributed by atoms with Crippen molar-refractivity contribution >= 4 is 5.78 Å². The van der Waals surface area contributed by atoms with Gasteiger partial charge in [0.2, 0.25) is 0 Å². The van der Waals surface area contributed by atoms with E-state index in [2.05, 4.69) is 13.0 Å². The molecule has 0 fully saturated rings. The minimum Gasteiger partial charge on any atom is -0.496 e. The number of methoxy groups -OCH3 is 1. The van der Waals surface area contributed by atoms with Gasteiger partial charge in [-0.15, -0.1) is 0 Å². The van der Waals surface area contributed by atoms with E-state index in [0.29, 0.717) is 0 Å². The zero-order valence-electron chi connectivity index (χ0n) is 12.9. The molecule has 0 aromatic heterocycles. The molecule has 1 aromatic rings. The molecule has 2 aliphatic rings. The molecule has 0 saturated heterocycles. The van der Waals surface area contributed by atoms with E-state index in [9.17, 15) is 9.90 Å². The van der Waals surface area contributed by atoms with Gasteiger partial charge in [0.05, 0.1) is 13.7 Å². The van der Waals surface area contributed by atoms with Crippen molar-refractivity contribution in [1.82, 2.24) is 0 Å². The van der Waals surface area contributed by atoms with E-state index in [0.717, 1.165) is 30.6 Å². The average molecular weight is 286 g/mol. The summed E-state index contributed by atoms with van der Waals surface area (Å²) in [6.45, 7) is 3.76. The number of hydrogen-bond acceptors (Lipinski definition) is 3. The number of carbonyl (C=O) groups excluding carboxylic acids is 1. The highest BCUT2D eigenvalue weighted by Gasteiger charge is 2.49. The van der Waals surface area contributed by atoms with Crippen molar-refractivity contribution in [3.05, 3.63) is 40.5 Å². The molecule has 2 atom stereocenters. The molecular weight excluding hydrogens is 264 g/mol. The van der Waals surface area contributed by atoms with Gasteiger partial charge >= 0.3 is 0 Å². The molecule has 0 bridgehead atoms. The van der Waals surface area contributed by atoms with Crippen LogP contribution >= 0.6 is 0 Å². The van der Waals surface area contributed by atoms with Gasteiger partial charge in [-0.25, -0.2) is 0 Å². The summed E-state index contributed by atoms with van der Waals surface area (Å²) < 4.78 is 5.42. The molecular formula is C18H22O3. The van der Waals surface area contributed by atoms with Gasteiger partial charge in [-0.3, -0.25) is 4.79 Å². The summed E-state index contributed by atoms with van der Waals surface area (Å²) in [6, 6.07) is 4.12. The van der Waals surface area contributed by atoms with Crippen molar-refractivity contribution in [3.63, 3.8) is 0 Å². The quantitative estimate of drug-likeness (QED) is 0.929. The van der Waals surface area contributed by atoms with E-state index in [4.69, 9.17) is 4.74 Å². The van der Waals surface area contributed by atoms with Crippen molar-refractivity contribution in [2.75, 3.05) is 13.7 Å². The molecule has 0 heterocycles. The fourth-order valence-corrected chi connectivity index (χ4v) is 4.34. The highest BCUT2D eigenvalue weighted by molar-refractivity contribution is 5.95. The van der Waals surface area contributed by atoms with Crippen LogP contribution in [0.25, 0.3) is 0 Å². The number of rotatable bonds is 3. The van der Waals surface area contributed by atoms with Gasteiger partial charge in [-0.2, -0.15) is 0 Å². The van der Waals surface area contributed by atoms with Crippen LogP contribution in [0.1, 0.15) is 42.4 Å². The summed E-state index contributed by atoms with van der Waals surface area (Å²) >= 11 is 0. The Morgan fingerprint density at radius 3 is 2.86 bits per heavy atom. The standard InChI is InChI=1S/C18H22O3/c1-11-13-8-9-18(10-19)15(12(2)20)5-6-16(18)14(13)4-7-17(11)21-3/h4-5,7,16,19H,6,8-10H2,1-3H3/t16-,18-/m0/s1. The second-order valence-electron chi connectivity index (χ2n) is 6.24. The fraction of sp³-hybridized carbons (Fsp3) is 0.500. The van der Waals surface area contributed by atoms with E-state index in [1.54, 1.807) is 14.0 Å². The average Bonchev–Trinajstić information content (AvgIpc) is 2.88. The number of allylic oxidation sites excluding steroid dienone is 1.